The molecular formula is C16H24N4O5S. The van der Waals surface area contributed by atoms with E-state index in [1.54, 1.807) is 6.07 Å². The number of sulfonamides is 1. The Kier molecular flexibility index (Phi) is 6.70. The maximum atomic E-state index is 12.3. The molecule has 0 spiro atoms. The number of nitrogens with one attached hydrogen (secondary N) is 3. The molecule has 1 unspecified atom stereocenters. The fraction of sp³-hybridized carbons (Fsp3) is 0.500. The van der Waals surface area contributed by atoms with Gasteiger partial charge in [0.1, 0.15) is 12.1 Å². The molecule has 0 radical (unpaired) electrons. The largest absolute Gasteiger partial charge is 0.364 e. The summed E-state index contributed by atoms with van der Waals surface area (Å²) in [5.41, 5.74) is 5.83. The molecule has 26 heavy (non-hydrogen) atoms. The van der Waals surface area contributed by atoms with Crippen molar-refractivity contribution in [2.24, 2.45) is 5.73 Å². The lowest BCUT2D eigenvalue weighted by molar-refractivity contribution is -0.134. The van der Waals surface area contributed by atoms with Crippen LogP contribution in [0, 0.1) is 0 Å². The van der Waals surface area contributed by atoms with Crippen molar-refractivity contribution in [1.82, 2.24) is 10.0 Å². The number of anilines is 1. The van der Waals surface area contributed by atoms with Crippen molar-refractivity contribution in [3.63, 3.8) is 0 Å². The van der Waals surface area contributed by atoms with Gasteiger partial charge in [-0.15, -0.1) is 0 Å². The summed E-state index contributed by atoms with van der Waals surface area (Å²) in [6.07, 6.45) is 0.531. The summed E-state index contributed by atoms with van der Waals surface area (Å²) in [5, 5.41) is 5.18. The van der Waals surface area contributed by atoms with E-state index in [2.05, 4.69) is 15.4 Å². The van der Waals surface area contributed by atoms with Crippen molar-refractivity contribution in [3.8, 4) is 0 Å². The van der Waals surface area contributed by atoms with E-state index in [1.807, 2.05) is 0 Å². The standard InChI is InChI=1S/C16H24N4O5S/c1-10(19-16(22)14-7-6-12(9-17)25-14)15(21)20-11-4-3-5-13(8-11)26(23,24)18-2/h3-5,8,10,12,14,18H,6-7,9,17H2,1-2H3,(H,19,22)(H,20,21)/t10?,12-,14+/m1/s1. The highest BCUT2D eigenvalue weighted by molar-refractivity contribution is 7.89. The molecular weight excluding hydrogens is 360 g/mol. The Morgan fingerprint density at radius 1 is 1.35 bits per heavy atom. The van der Waals surface area contributed by atoms with Crippen LogP contribution >= 0.6 is 0 Å². The molecule has 0 aromatic heterocycles. The molecule has 2 rings (SSSR count). The Morgan fingerprint density at radius 2 is 2.08 bits per heavy atom. The molecule has 9 nitrogen and oxygen atoms in total. The van der Waals surface area contributed by atoms with Crippen LogP contribution in [-0.4, -0.2) is 52.1 Å². The van der Waals surface area contributed by atoms with E-state index in [1.165, 1.54) is 32.2 Å². The average Bonchev–Trinajstić information content (AvgIpc) is 3.11. The number of carbonyl (C=O) groups is 2. The lowest BCUT2D eigenvalue weighted by Crippen LogP contribution is -2.46. The third-order valence-corrected chi connectivity index (χ3v) is 5.51. The number of nitrogens with two attached hydrogens (primary N) is 1. The first-order valence-electron chi connectivity index (χ1n) is 8.27. The van der Waals surface area contributed by atoms with Gasteiger partial charge in [0.2, 0.25) is 21.8 Å². The number of hydrogen-bond acceptors (Lipinski definition) is 6. The molecule has 10 heteroatoms. The summed E-state index contributed by atoms with van der Waals surface area (Å²) in [6, 6.07) is 5.02. The number of rotatable bonds is 7. The summed E-state index contributed by atoms with van der Waals surface area (Å²) in [6.45, 7) is 1.89. The topological polar surface area (TPSA) is 140 Å². The molecule has 2 amide bonds. The van der Waals surface area contributed by atoms with Crippen LogP contribution in [0.2, 0.25) is 0 Å². The summed E-state index contributed by atoms with van der Waals surface area (Å²) in [7, 11) is -2.31. The van der Waals surface area contributed by atoms with Gasteiger partial charge in [0, 0.05) is 12.2 Å². The quantitative estimate of drug-likeness (QED) is 0.502. The van der Waals surface area contributed by atoms with Gasteiger partial charge in [0.15, 0.2) is 0 Å². The van der Waals surface area contributed by atoms with E-state index in [4.69, 9.17) is 10.5 Å². The van der Waals surface area contributed by atoms with Crippen molar-refractivity contribution < 1.29 is 22.7 Å². The molecule has 1 saturated heterocycles. The number of amides is 2. The predicted molar refractivity (Wildman–Crippen MR) is 95.9 cm³/mol. The van der Waals surface area contributed by atoms with Crippen molar-refractivity contribution >= 4 is 27.5 Å². The van der Waals surface area contributed by atoms with Crippen LogP contribution in [0.15, 0.2) is 29.2 Å². The van der Waals surface area contributed by atoms with Gasteiger partial charge in [0.25, 0.3) is 0 Å². The molecule has 0 saturated carbocycles. The SMILES string of the molecule is CNS(=O)(=O)c1cccc(NC(=O)C(C)NC(=O)[C@@H]2CC[C@H](CN)O2)c1. The minimum atomic E-state index is -3.61. The molecule has 1 aromatic carbocycles. The van der Waals surface area contributed by atoms with Gasteiger partial charge in [0.05, 0.1) is 11.0 Å². The van der Waals surface area contributed by atoms with E-state index >= 15 is 0 Å². The third-order valence-electron chi connectivity index (χ3n) is 4.10. The second kappa shape index (κ2) is 8.58. The van der Waals surface area contributed by atoms with E-state index in [0.29, 0.717) is 25.1 Å². The molecule has 1 fully saturated rings. The number of hydrogen-bond donors (Lipinski definition) is 4. The van der Waals surface area contributed by atoms with Crippen LogP contribution < -0.4 is 21.1 Å². The zero-order valence-electron chi connectivity index (χ0n) is 14.7. The molecule has 5 N–H and O–H groups in total. The van der Waals surface area contributed by atoms with E-state index in [9.17, 15) is 18.0 Å². The first kappa shape index (κ1) is 20.3. The van der Waals surface area contributed by atoms with Gasteiger partial charge in [-0.3, -0.25) is 9.59 Å². The second-order valence-electron chi connectivity index (χ2n) is 6.01. The highest BCUT2D eigenvalue weighted by Gasteiger charge is 2.31. The number of ether oxygens (including phenoxy) is 1. The molecule has 144 valence electrons. The van der Waals surface area contributed by atoms with Crippen molar-refractivity contribution in [2.45, 2.75) is 42.9 Å². The van der Waals surface area contributed by atoms with E-state index in [-0.39, 0.29) is 16.9 Å². The van der Waals surface area contributed by atoms with Crippen LogP contribution in [0.1, 0.15) is 19.8 Å². The van der Waals surface area contributed by atoms with Gasteiger partial charge in [-0.1, -0.05) is 6.07 Å². The Labute approximate surface area is 152 Å². The fourth-order valence-corrected chi connectivity index (χ4v) is 3.33. The second-order valence-corrected chi connectivity index (χ2v) is 7.90. The maximum absolute atomic E-state index is 12.3. The summed E-state index contributed by atoms with van der Waals surface area (Å²) in [4.78, 5) is 24.4. The van der Waals surface area contributed by atoms with Gasteiger partial charge >= 0.3 is 0 Å². The van der Waals surface area contributed by atoms with Crippen LogP contribution in [0.3, 0.4) is 0 Å². The Bertz CT molecular complexity index is 768. The smallest absolute Gasteiger partial charge is 0.249 e. The molecule has 1 aromatic rings. The molecule has 0 bridgehead atoms. The lowest BCUT2D eigenvalue weighted by atomic mass is 10.2. The number of benzene rings is 1. The molecule has 1 heterocycles. The monoisotopic (exact) mass is 384 g/mol. The van der Waals surface area contributed by atoms with Crippen molar-refractivity contribution in [2.75, 3.05) is 18.9 Å². The summed E-state index contributed by atoms with van der Waals surface area (Å²) >= 11 is 0. The lowest BCUT2D eigenvalue weighted by Gasteiger charge is -2.17. The summed E-state index contributed by atoms with van der Waals surface area (Å²) < 4.78 is 31.3. The van der Waals surface area contributed by atoms with Gasteiger partial charge in [-0.05, 0) is 45.0 Å². The minimum Gasteiger partial charge on any atom is -0.364 e. The highest BCUT2D eigenvalue weighted by Crippen LogP contribution is 2.19. The van der Waals surface area contributed by atoms with Crippen molar-refractivity contribution in [3.05, 3.63) is 24.3 Å². The highest BCUT2D eigenvalue weighted by atomic mass is 32.2. The van der Waals surface area contributed by atoms with Crippen molar-refractivity contribution in [1.29, 1.82) is 0 Å². The Hall–Kier alpha value is -2.01. The van der Waals surface area contributed by atoms with Gasteiger partial charge in [-0.2, -0.15) is 0 Å². The predicted octanol–water partition coefficient (Wildman–Crippen LogP) is -0.456. The van der Waals surface area contributed by atoms with Gasteiger partial charge in [-0.25, -0.2) is 13.1 Å². The minimum absolute atomic E-state index is 0.0293. The molecule has 3 atom stereocenters. The number of carbonyl (C=O) groups excluding carboxylic acids is 2. The zero-order valence-corrected chi connectivity index (χ0v) is 15.5. The first-order chi connectivity index (χ1) is 12.3. The van der Waals surface area contributed by atoms with Crippen LogP contribution in [-0.2, 0) is 24.3 Å². The van der Waals surface area contributed by atoms with E-state index in [0.717, 1.165) is 0 Å². The van der Waals surface area contributed by atoms with Gasteiger partial charge < -0.3 is 21.1 Å². The first-order valence-corrected chi connectivity index (χ1v) is 9.75. The molecule has 0 aliphatic carbocycles. The zero-order chi connectivity index (χ0) is 19.3. The molecule has 1 aliphatic heterocycles. The van der Waals surface area contributed by atoms with Crippen LogP contribution in [0.5, 0.6) is 0 Å². The Balaban J connectivity index is 1.95. The summed E-state index contributed by atoms with van der Waals surface area (Å²) in [5.74, 6) is -0.833. The third kappa shape index (κ3) is 5.01. The fourth-order valence-electron chi connectivity index (χ4n) is 2.55. The van der Waals surface area contributed by atoms with E-state index < -0.39 is 28.1 Å². The van der Waals surface area contributed by atoms with Crippen LogP contribution in [0.4, 0.5) is 5.69 Å². The maximum Gasteiger partial charge on any atom is 0.249 e. The van der Waals surface area contributed by atoms with Crippen LogP contribution in [0.25, 0.3) is 0 Å². The molecule has 1 aliphatic rings. The average molecular weight is 384 g/mol. The Morgan fingerprint density at radius 3 is 2.69 bits per heavy atom. The normalized spacial score (nSPS) is 21.2.